The minimum absolute atomic E-state index is 0.0374. The van der Waals surface area contributed by atoms with Gasteiger partial charge in [-0.15, -0.1) is 0 Å². The molecule has 6 atom stereocenters. The summed E-state index contributed by atoms with van der Waals surface area (Å²) in [4.78, 5) is 11.7. The number of carbonyl (C=O) groups excluding carboxylic acids is 1. The SMILES string of the molecule is CCCCCCCCCCCCCC(O)=C1CCC(C(O)CCC(O)CCCCCCC(O)CC2CC(C)OC2=O)O1. The summed E-state index contributed by atoms with van der Waals surface area (Å²) < 4.78 is 11.1. The summed E-state index contributed by atoms with van der Waals surface area (Å²) in [5.41, 5.74) is 0. The topological polar surface area (TPSA) is 116 Å². The van der Waals surface area contributed by atoms with Crippen LogP contribution in [0.4, 0.5) is 0 Å². The molecule has 246 valence electrons. The van der Waals surface area contributed by atoms with Gasteiger partial charge in [0.05, 0.1) is 30.3 Å². The van der Waals surface area contributed by atoms with Gasteiger partial charge >= 0.3 is 5.97 Å². The standard InChI is InChI=1S/C35H64O7/c1-3-4-5-6-7-8-9-10-11-12-17-20-31(38)33-23-24-34(42-33)32(39)22-21-29(36)18-15-13-14-16-19-30(37)26-28-25-27(2)41-35(28)40/h27-30,32,34,36-39H,3-26H2,1-2H3. The Balaban J connectivity index is 1.45. The summed E-state index contributed by atoms with van der Waals surface area (Å²) in [6.45, 7) is 4.15. The maximum absolute atomic E-state index is 11.7. The smallest absolute Gasteiger partial charge is 0.309 e. The Labute approximate surface area is 256 Å². The molecule has 0 radical (unpaired) electrons. The molecular formula is C35H64O7. The third-order valence-corrected chi connectivity index (χ3v) is 9.16. The third kappa shape index (κ3) is 16.0. The van der Waals surface area contributed by atoms with Crippen molar-refractivity contribution in [1.82, 2.24) is 0 Å². The van der Waals surface area contributed by atoms with Crippen molar-refractivity contribution in [2.45, 2.75) is 198 Å². The van der Waals surface area contributed by atoms with Crippen molar-refractivity contribution in [2.75, 3.05) is 0 Å². The Morgan fingerprint density at radius 3 is 1.93 bits per heavy atom. The maximum atomic E-state index is 11.7. The van der Waals surface area contributed by atoms with Crippen LogP contribution in [0.15, 0.2) is 11.5 Å². The molecule has 2 saturated heterocycles. The molecule has 4 N–H and O–H groups in total. The fourth-order valence-corrected chi connectivity index (χ4v) is 6.44. The number of allylic oxidation sites excluding steroid dienone is 2. The summed E-state index contributed by atoms with van der Waals surface area (Å²) in [5, 5.41) is 41.7. The predicted octanol–water partition coefficient (Wildman–Crippen LogP) is 8.18. The lowest BCUT2D eigenvalue weighted by atomic mass is 9.95. The van der Waals surface area contributed by atoms with Gasteiger partial charge in [0.25, 0.3) is 0 Å². The number of hydrogen-bond acceptors (Lipinski definition) is 7. The zero-order chi connectivity index (χ0) is 30.6. The van der Waals surface area contributed by atoms with E-state index in [0.29, 0.717) is 69.3 Å². The van der Waals surface area contributed by atoms with E-state index in [0.717, 1.165) is 38.5 Å². The van der Waals surface area contributed by atoms with E-state index in [2.05, 4.69) is 6.92 Å². The van der Waals surface area contributed by atoms with Crippen molar-refractivity contribution in [3.63, 3.8) is 0 Å². The fraction of sp³-hybridized carbons (Fsp3) is 0.914. The Kier molecular flexibility index (Phi) is 19.5. The number of carbonyl (C=O) groups is 1. The summed E-state index contributed by atoms with van der Waals surface area (Å²) >= 11 is 0. The van der Waals surface area contributed by atoms with E-state index in [-0.39, 0.29) is 24.1 Å². The first kappa shape index (κ1) is 36.9. The van der Waals surface area contributed by atoms with Crippen molar-refractivity contribution >= 4 is 5.97 Å². The molecule has 2 rings (SSSR count). The number of hydrogen-bond donors (Lipinski definition) is 4. The van der Waals surface area contributed by atoms with Crippen LogP contribution in [0.5, 0.6) is 0 Å². The van der Waals surface area contributed by atoms with Gasteiger partial charge in [-0.2, -0.15) is 0 Å². The lowest BCUT2D eigenvalue weighted by Gasteiger charge is -2.20. The zero-order valence-corrected chi connectivity index (χ0v) is 26.9. The molecule has 0 aromatic heterocycles. The van der Waals surface area contributed by atoms with E-state index in [9.17, 15) is 25.2 Å². The van der Waals surface area contributed by atoms with Crippen LogP contribution in [-0.4, -0.2) is 56.9 Å². The van der Waals surface area contributed by atoms with Crippen molar-refractivity contribution in [3.05, 3.63) is 11.5 Å². The minimum atomic E-state index is -0.631. The molecule has 0 aliphatic carbocycles. The van der Waals surface area contributed by atoms with Crippen LogP contribution in [-0.2, 0) is 14.3 Å². The van der Waals surface area contributed by atoms with Crippen LogP contribution >= 0.6 is 0 Å². The monoisotopic (exact) mass is 596 g/mol. The molecule has 2 fully saturated rings. The van der Waals surface area contributed by atoms with Gasteiger partial charge in [0.1, 0.15) is 17.6 Å². The maximum Gasteiger partial charge on any atom is 0.309 e. The quantitative estimate of drug-likeness (QED) is 0.0477. The predicted molar refractivity (Wildman–Crippen MR) is 168 cm³/mol. The highest BCUT2D eigenvalue weighted by Gasteiger charge is 2.33. The van der Waals surface area contributed by atoms with Gasteiger partial charge in [-0.25, -0.2) is 0 Å². The fourth-order valence-electron chi connectivity index (χ4n) is 6.44. The molecule has 42 heavy (non-hydrogen) atoms. The van der Waals surface area contributed by atoms with Crippen LogP contribution in [0, 0.1) is 5.92 Å². The van der Waals surface area contributed by atoms with Gasteiger partial charge in [0, 0.05) is 12.8 Å². The summed E-state index contributed by atoms with van der Waals surface area (Å²) in [6.07, 6.45) is 21.7. The summed E-state index contributed by atoms with van der Waals surface area (Å²) in [7, 11) is 0. The van der Waals surface area contributed by atoms with E-state index < -0.39 is 18.3 Å². The first-order chi connectivity index (χ1) is 20.3. The Morgan fingerprint density at radius 1 is 0.762 bits per heavy atom. The van der Waals surface area contributed by atoms with Crippen molar-refractivity contribution < 1.29 is 34.7 Å². The van der Waals surface area contributed by atoms with Gasteiger partial charge in [-0.1, -0.05) is 96.8 Å². The Hall–Kier alpha value is -1.31. The first-order valence-electron chi connectivity index (χ1n) is 17.6. The molecule has 0 amide bonds. The summed E-state index contributed by atoms with van der Waals surface area (Å²) in [5.74, 6) is 0.658. The highest BCUT2D eigenvalue weighted by molar-refractivity contribution is 5.74. The Bertz CT molecular complexity index is 739. The average Bonchev–Trinajstić information content (AvgIpc) is 3.58. The van der Waals surface area contributed by atoms with Crippen LogP contribution in [0.3, 0.4) is 0 Å². The largest absolute Gasteiger partial charge is 0.509 e. The van der Waals surface area contributed by atoms with Crippen LogP contribution in [0.2, 0.25) is 0 Å². The first-order valence-corrected chi connectivity index (χ1v) is 17.6. The number of cyclic esters (lactones) is 1. The molecular weight excluding hydrogens is 532 g/mol. The molecule has 0 spiro atoms. The van der Waals surface area contributed by atoms with Gasteiger partial charge in [0.15, 0.2) is 0 Å². The number of unbranched alkanes of at least 4 members (excludes halogenated alkanes) is 13. The molecule has 7 heteroatoms. The molecule has 0 bridgehead atoms. The second-order valence-corrected chi connectivity index (χ2v) is 13.2. The number of rotatable bonds is 25. The molecule has 0 saturated carbocycles. The van der Waals surface area contributed by atoms with E-state index >= 15 is 0 Å². The van der Waals surface area contributed by atoms with Crippen molar-refractivity contribution in [1.29, 1.82) is 0 Å². The highest BCUT2D eigenvalue weighted by Crippen LogP contribution is 2.31. The second-order valence-electron chi connectivity index (χ2n) is 13.2. The van der Waals surface area contributed by atoms with Gasteiger partial charge in [0.2, 0.25) is 0 Å². The molecule has 2 aliphatic heterocycles. The van der Waals surface area contributed by atoms with E-state index in [1.54, 1.807) is 0 Å². The normalized spacial score (nSPS) is 23.9. The number of aliphatic hydroxyl groups is 4. The van der Waals surface area contributed by atoms with Crippen LogP contribution in [0.1, 0.15) is 168 Å². The number of ether oxygens (including phenoxy) is 2. The van der Waals surface area contributed by atoms with E-state index in [1.807, 2.05) is 6.92 Å². The molecule has 2 heterocycles. The van der Waals surface area contributed by atoms with Crippen LogP contribution < -0.4 is 0 Å². The van der Waals surface area contributed by atoms with Crippen molar-refractivity contribution in [2.24, 2.45) is 5.92 Å². The molecule has 0 aromatic rings. The van der Waals surface area contributed by atoms with E-state index in [1.165, 1.54) is 57.8 Å². The zero-order valence-electron chi connectivity index (χ0n) is 26.9. The average molecular weight is 597 g/mol. The summed E-state index contributed by atoms with van der Waals surface area (Å²) in [6, 6.07) is 0. The lowest BCUT2D eigenvalue weighted by molar-refractivity contribution is -0.144. The van der Waals surface area contributed by atoms with E-state index in [4.69, 9.17) is 9.47 Å². The van der Waals surface area contributed by atoms with Gasteiger partial charge in [-0.05, 0) is 58.3 Å². The second kappa shape index (κ2) is 22.2. The van der Waals surface area contributed by atoms with Crippen molar-refractivity contribution in [3.8, 4) is 0 Å². The molecule has 7 nitrogen and oxygen atoms in total. The molecule has 6 unspecified atom stereocenters. The van der Waals surface area contributed by atoms with Gasteiger partial charge < -0.3 is 29.9 Å². The Morgan fingerprint density at radius 2 is 1.33 bits per heavy atom. The minimum Gasteiger partial charge on any atom is -0.509 e. The number of esters is 1. The number of aliphatic hydroxyl groups excluding tert-OH is 4. The molecule has 2 aliphatic rings. The third-order valence-electron chi connectivity index (χ3n) is 9.16. The van der Waals surface area contributed by atoms with Crippen LogP contribution in [0.25, 0.3) is 0 Å². The molecule has 0 aromatic carbocycles. The van der Waals surface area contributed by atoms with Gasteiger partial charge in [-0.3, -0.25) is 4.79 Å². The highest BCUT2D eigenvalue weighted by atomic mass is 16.5. The lowest BCUT2D eigenvalue weighted by Crippen LogP contribution is -2.26.